The van der Waals surface area contributed by atoms with E-state index in [9.17, 15) is 5.26 Å². The Balaban J connectivity index is 2.26. The van der Waals surface area contributed by atoms with Gasteiger partial charge in [-0.2, -0.15) is 5.26 Å². The van der Waals surface area contributed by atoms with Crippen molar-refractivity contribution in [3.05, 3.63) is 44.9 Å². The fourth-order valence-corrected chi connectivity index (χ4v) is 3.70. The van der Waals surface area contributed by atoms with Gasteiger partial charge in [-0.3, -0.25) is 5.10 Å². The van der Waals surface area contributed by atoms with Crippen LogP contribution in [0.15, 0.2) is 28.1 Å². The van der Waals surface area contributed by atoms with Crippen LogP contribution in [-0.4, -0.2) is 24.4 Å². The van der Waals surface area contributed by atoms with Gasteiger partial charge in [0.25, 0.3) is 0 Å². The van der Waals surface area contributed by atoms with Crippen LogP contribution in [0, 0.1) is 11.3 Å². The third-order valence-electron chi connectivity index (χ3n) is 4.33. The van der Waals surface area contributed by atoms with E-state index >= 15 is 0 Å². The number of aromatic amines is 1. The van der Waals surface area contributed by atoms with Crippen LogP contribution in [0.1, 0.15) is 36.1 Å². The average molecular weight is 419 g/mol. The number of aromatic nitrogens is 2. The van der Waals surface area contributed by atoms with Crippen LogP contribution < -0.4 is 19.9 Å². The number of benzene rings is 1. The molecular weight excluding hydrogens is 400 g/mol. The Morgan fingerprint density at radius 2 is 2.04 bits per heavy atom. The summed E-state index contributed by atoms with van der Waals surface area (Å²) >= 11 is 3.59. The predicted molar refractivity (Wildman–Crippen MR) is 99.1 cm³/mol. The monoisotopic (exact) mass is 418 g/mol. The van der Waals surface area contributed by atoms with Crippen molar-refractivity contribution in [3.8, 4) is 23.4 Å². The topological polar surface area (TPSA) is 106 Å². The minimum Gasteiger partial charge on any atom is -0.493 e. The molecule has 0 saturated carbocycles. The summed E-state index contributed by atoms with van der Waals surface area (Å²) in [5, 5.41) is 17.0. The molecule has 7 nitrogen and oxygen atoms in total. The van der Waals surface area contributed by atoms with Crippen molar-refractivity contribution in [3.63, 3.8) is 0 Å². The zero-order valence-corrected chi connectivity index (χ0v) is 16.3. The molecule has 2 heterocycles. The number of nitriles is 1. The van der Waals surface area contributed by atoms with E-state index in [2.05, 4.69) is 39.1 Å². The molecule has 1 aromatic carbocycles. The van der Waals surface area contributed by atoms with Crippen molar-refractivity contribution >= 4 is 15.9 Å². The lowest BCUT2D eigenvalue weighted by molar-refractivity contribution is 0.353. The van der Waals surface area contributed by atoms with Crippen LogP contribution in [-0.2, 0) is 6.42 Å². The number of allylic oxidation sites excluding steroid dienone is 1. The van der Waals surface area contributed by atoms with Gasteiger partial charge < -0.3 is 19.9 Å². The Labute approximate surface area is 159 Å². The van der Waals surface area contributed by atoms with Crippen LogP contribution >= 0.6 is 15.9 Å². The van der Waals surface area contributed by atoms with Crippen molar-refractivity contribution in [2.45, 2.75) is 25.7 Å². The molecule has 1 aliphatic heterocycles. The van der Waals surface area contributed by atoms with E-state index in [1.807, 2.05) is 12.1 Å². The Kier molecular flexibility index (Phi) is 5.09. The standard InChI is InChI=1S/C18H19BrN4O3/c1-4-5-12-16-15(10(8-20)17(21)26-18(16)23-22-12)9-6-13(24-2)14(25-3)7-11(9)19/h6-7,15H,4-5,21H2,1-3H3,(H,22,23)/t15-/m0/s1. The molecule has 3 rings (SSSR count). The van der Waals surface area contributed by atoms with Crippen LogP contribution in [0.4, 0.5) is 0 Å². The summed E-state index contributed by atoms with van der Waals surface area (Å²) in [4.78, 5) is 0. The molecule has 0 saturated heterocycles. The normalized spacial score (nSPS) is 15.9. The molecule has 26 heavy (non-hydrogen) atoms. The van der Waals surface area contributed by atoms with E-state index in [-0.39, 0.29) is 5.88 Å². The predicted octanol–water partition coefficient (Wildman–Crippen LogP) is 3.36. The summed E-state index contributed by atoms with van der Waals surface area (Å²) in [7, 11) is 3.14. The highest BCUT2D eigenvalue weighted by atomic mass is 79.9. The quantitative estimate of drug-likeness (QED) is 0.770. The van der Waals surface area contributed by atoms with Crippen molar-refractivity contribution in [2.75, 3.05) is 14.2 Å². The van der Waals surface area contributed by atoms with Crippen LogP contribution in [0.3, 0.4) is 0 Å². The number of halogens is 1. The lowest BCUT2D eigenvalue weighted by atomic mass is 9.83. The Morgan fingerprint density at radius 3 is 2.65 bits per heavy atom. The number of hydrogen-bond donors (Lipinski definition) is 2. The maximum absolute atomic E-state index is 9.73. The lowest BCUT2D eigenvalue weighted by Crippen LogP contribution is -2.21. The second-order valence-corrected chi connectivity index (χ2v) is 6.68. The van der Waals surface area contributed by atoms with Crippen LogP contribution in [0.5, 0.6) is 17.4 Å². The number of methoxy groups -OCH3 is 2. The summed E-state index contributed by atoms with van der Waals surface area (Å²) in [6.07, 6.45) is 1.71. The number of rotatable bonds is 5. The number of nitrogens with two attached hydrogens (primary N) is 1. The van der Waals surface area contributed by atoms with E-state index in [1.54, 1.807) is 14.2 Å². The summed E-state index contributed by atoms with van der Waals surface area (Å²) < 4.78 is 17.1. The number of aryl methyl sites for hydroxylation is 1. The first kappa shape index (κ1) is 18.1. The van der Waals surface area contributed by atoms with Gasteiger partial charge >= 0.3 is 0 Å². The second-order valence-electron chi connectivity index (χ2n) is 5.82. The molecule has 1 atom stereocenters. The van der Waals surface area contributed by atoms with E-state index in [1.165, 1.54) is 0 Å². The molecule has 1 aliphatic rings. The van der Waals surface area contributed by atoms with Gasteiger partial charge in [0.15, 0.2) is 11.5 Å². The van der Waals surface area contributed by atoms with E-state index in [0.717, 1.165) is 34.1 Å². The Morgan fingerprint density at radius 1 is 1.35 bits per heavy atom. The maximum atomic E-state index is 9.73. The van der Waals surface area contributed by atoms with Crippen molar-refractivity contribution in [1.82, 2.24) is 10.2 Å². The molecule has 0 spiro atoms. The zero-order chi connectivity index (χ0) is 18.8. The molecule has 1 aromatic heterocycles. The highest BCUT2D eigenvalue weighted by molar-refractivity contribution is 9.10. The smallest absolute Gasteiger partial charge is 0.244 e. The fraction of sp³-hybridized carbons (Fsp3) is 0.333. The summed E-state index contributed by atoms with van der Waals surface area (Å²) in [6.45, 7) is 2.08. The summed E-state index contributed by atoms with van der Waals surface area (Å²) in [5.41, 5.74) is 8.91. The molecule has 0 amide bonds. The third-order valence-corrected chi connectivity index (χ3v) is 5.02. The first-order chi connectivity index (χ1) is 12.5. The van der Waals surface area contributed by atoms with Gasteiger partial charge in [0.1, 0.15) is 11.6 Å². The number of hydrogen-bond acceptors (Lipinski definition) is 6. The average Bonchev–Trinajstić information content (AvgIpc) is 3.03. The highest BCUT2D eigenvalue weighted by Crippen LogP contribution is 2.47. The SMILES string of the molecule is CCCc1[nH]nc2c1[C@@H](c1cc(OC)c(OC)cc1Br)C(C#N)=C(N)O2. The van der Waals surface area contributed by atoms with Crippen molar-refractivity contribution < 1.29 is 14.2 Å². The molecule has 0 fully saturated rings. The Bertz CT molecular complexity index is 914. The number of nitrogens with one attached hydrogen (secondary N) is 1. The van der Waals surface area contributed by atoms with Gasteiger partial charge in [-0.15, -0.1) is 5.10 Å². The van der Waals surface area contributed by atoms with E-state index in [0.29, 0.717) is 23.0 Å². The van der Waals surface area contributed by atoms with Gasteiger partial charge in [-0.1, -0.05) is 29.3 Å². The van der Waals surface area contributed by atoms with E-state index < -0.39 is 5.92 Å². The van der Waals surface area contributed by atoms with Gasteiger partial charge in [0.2, 0.25) is 11.8 Å². The number of ether oxygens (including phenoxy) is 3. The largest absolute Gasteiger partial charge is 0.493 e. The molecule has 2 aromatic rings. The second kappa shape index (κ2) is 7.30. The van der Waals surface area contributed by atoms with Crippen molar-refractivity contribution in [1.29, 1.82) is 5.26 Å². The third kappa shape index (κ3) is 2.88. The molecule has 0 bridgehead atoms. The molecule has 0 radical (unpaired) electrons. The molecule has 136 valence electrons. The molecule has 0 unspecified atom stereocenters. The van der Waals surface area contributed by atoms with E-state index in [4.69, 9.17) is 19.9 Å². The Hall–Kier alpha value is -2.66. The first-order valence-corrected chi connectivity index (χ1v) is 8.91. The van der Waals surface area contributed by atoms with Crippen molar-refractivity contribution in [2.24, 2.45) is 5.73 Å². The molecule has 3 N–H and O–H groups in total. The lowest BCUT2D eigenvalue weighted by Gasteiger charge is -2.25. The highest BCUT2D eigenvalue weighted by Gasteiger charge is 2.36. The number of nitrogens with zero attached hydrogens (tertiary/aromatic N) is 2. The van der Waals surface area contributed by atoms with Gasteiger partial charge in [-0.25, -0.2) is 0 Å². The molecule has 8 heteroatoms. The minimum atomic E-state index is -0.418. The van der Waals surface area contributed by atoms with Crippen LogP contribution in [0.25, 0.3) is 0 Å². The van der Waals surface area contributed by atoms with Gasteiger partial charge in [-0.05, 0) is 24.1 Å². The van der Waals surface area contributed by atoms with Gasteiger partial charge in [0.05, 0.1) is 20.1 Å². The first-order valence-electron chi connectivity index (χ1n) is 8.11. The zero-order valence-electron chi connectivity index (χ0n) is 14.7. The van der Waals surface area contributed by atoms with Crippen LogP contribution in [0.2, 0.25) is 0 Å². The van der Waals surface area contributed by atoms with Gasteiger partial charge in [0, 0.05) is 15.7 Å². The summed E-state index contributed by atoms with van der Waals surface area (Å²) in [5.74, 6) is 1.19. The number of H-pyrrole nitrogens is 1. The minimum absolute atomic E-state index is 0.0567. The summed E-state index contributed by atoms with van der Waals surface area (Å²) in [6, 6.07) is 5.85. The maximum Gasteiger partial charge on any atom is 0.244 e. The molecular formula is C18H19BrN4O3. The molecule has 0 aliphatic carbocycles. The number of fused-ring (bicyclic) bond motifs is 1. The fourth-order valence-electron chi connectivity index (χ4n) is 3.15.